The molecule has 0 radical (unpaired) electrons. The van der Waals surface area contributed by atoms with Crippen LogP contribution in [0.5, 0.6) is 5.75 Å². The number of aryl methyl sites for hydroxylation is 1. The molecule has 0 saturated carbocycles. The molecule has 2 amide bonds. The number of ether oxygens (including phenoxy) is 1. The number of rotatable bonds is 3. The zero-order chi connectivity index (χ0) is 17.4. The molecule has 0 spiro atoms. The topological polar surface area (TPSA) is 85.8 Å². The van der Waals surface area contributed by atoms with Gasteiger partial charge in [0.25, 0.3) is 5.91 Å². The second kappa shape index (κ2) is 6.19. The number of hydrogen-bond donors (Lipinski definition) is 1. The van der Waals surface area contributed by atoms with Gasteiger partial charge < -0.3 is 19.8 Å². The van der Waals surface area contributed by atoms with Gasteiger partial charge in [-0.1, -0.05) is 0 Å². The molecular formula is C18H22N2O4. The average Bonchev–Trinajstić information content (AvgIpc) is 2.89. The number of methoxy groups -OCH3 is 1. The number of benzene rings is 1. The fraction of sp³-hybridized carbons (Fsp3) is 0.444. The van der Waals surface area contributed by atoms with Crippen LogP contribution >= 0.6 is 0 Å². The van der Waals surface area contributed by atoms with Crippen LogP contribution in [0.25, 0.3) is 11.0 Å². The van der Waals surface area contributed by atoms with E-state index in [-0.39, 0.29) is 23.8 Å². The third-order valence-corrected chi connectivity index (χ3v) is 4.83. The van der Waals surface area contributed by atoms with Crippen LogP contribution in [-0.2, 0) is 4.79 Å². The lowest BCUT2D eigenvalue weighted by Crippen LogP contribution is -2.48. The van der Waals surface area contributed by atoms with E-state index in [1.165, 1.54) is 0 Å². The van der Waals surface area contributed by atoms with E-state index >= 15 is 0 Å². The summed E-state index contributed by atoms with van der Waals surface area (Å²) in [6, 6.07) is 5.46. The molecule has 2 heterocycles. The highest BCUT2D eigenvalue weighted by atomic mass is 16.5. The molecule has 1 aliphatic rings. The summed E-state index contributed by atoms with van der Waals surface area (Å²) in [5, 5.41) is 0.727. The molecule has 2 N–H and O–H groups in total. The number of likely N-dealkylation sites (tertiary alicyclic amines) is 1. The number of carbonyl (C=O) groups is 2. The Balaban J connectivity index is 2.01. The molecule has 0 unspecified atom stereocenters. The Morgan fingerprint density at radius 2 is 2.08 bits per heavy atom. The molecule has 2 aromatic rings. The summed E-state index contributed by atoms with van der Waals surface area (Å²) < 4.78 is 11.0. The van der Waals surface area contributed by atoms with E-state index in [0.717, 1.165) is 18.2 Å². The molecule has 0 aliphatic carbocycles. The van der Waals surface area contributed by atoms with Gasteiger partial charge in [0.1, 0.15) is 17.1 Å². The minimum Gasteiger partial charge on any atom is -0.497 e. The van der Waals surface area contributed by atoms with E-state index in [9.17, 15) is 9.59 Å². The Kier molecular flexibility index (Phi) is 4.22. The van der Waals surface area contributed by atoms with Gasteiger partial charge in [-0.2, -0.15) is 0 Å². The highest BCUT2D eigenvalue weighted by molar-refractivity contribution is 6.07. The maximum atomic E-state index is 13.1. The van der Waals surface area contributed by atoms with Crippen molar-refractivity contribution in [2.24, 2.45) is 11.7 Å². The zero-order valence-electron chi connectivity index (χ0n) is 14.2. The lowest BCUT2D eigenvalue weighted by molar-refractivity contribution is -0.123. The van der Waals surface area contributed by atoms with Crippen molar-refractivity contribution in [3.63, 3.8) is 0 Å². The Morgan fingerprint density at radius 1 is 1.33 bits per heavy atom. The second-order valence-electron chi connectivity index (χ2n) is 6.38. The SMILES string of the molecule is COc1ccc2oc(C)c(C(=O)N3C[C@@H](C(N)=O)CC[C@@H]3C)c2c1. The molecular weight excluding hydrogens is 308 g/mol. The van der Waals surface area contributed by atoms with E-state index in [4.69, 9.17) is 14.9 Å². The molecule has 6 heteroatoms. The van der Waals surface area contributed by atoms with Gasteiger partial charge in [-0.05, 0) is 44.9 Å². The van der Waals surface area contributed by atoms with Crippen LogP contribution in [0.3, 0.4) is 0 Å². The molecule has 0 bridgehead atoms. The second-order valence-corrected chi connectivity index (χ2v) is 6.38. The van der Waals surface area contributed by atoms with Crippen LogP contribution in [0.1, 0.15) is 35.9 Å². The fourth-order valence-electron chi connectivity index (χ4n) is 3.36. The predicted octanol–water partition coefficient (Wildman–Crippen LogP) is 2.48. The predicted molar refractivity (Wildman–Crippen MR) is 89.9 cm³/mol. The third kappa shape index (κ3) is 2.72. The number of nitrogens with zero attached hydrogens (tertiary/aromatic N) is 1. The number of carbonyl (C=O) groups excluding carboxylic acids is 2. The molecule has 1 aromatic heterocycles. The van der Waals surface area contributed by atoms with E-state index in [1.807, 2.05) is 6.92 Å². The minimum absolute atomic E-state index is 0.0584. The number of piperidine rings is 1. The number of fused-ring (bicyclic) bond motifs is 1. The lowest BCUT2D eigenvalue weighted by Gasteiger charge is -2.36. The Hall–Kier alpha value is -2.50. The molecule has 1 saturated heterocycles. The van der Waals surface area contributed by atoms with E-state index in [2.05, 4.69) is 0 Å². The van der Waals surface area contributed by atoms with Crippen molar-refractivity contribution in [3.05, 3.63) is 29.5 Å². The van der Waals surface area contributed by atoms with Crippen molar-refractivity contribution in [2.75, 3.05) is 13.7 Å². The Morgan fingerprint density at radius 3 is 2.75 bits per heavy atom. The Labute approximate surface area is 140 Å². The summed E-state index contributed by atoms with van der Waals surface area (Å²) in [4.78, 5) is 26.4. The summed E-state index contributed by atoms with van der Waals surface area (Å²) in [6.07, 6.45) is 1.48. The summed E-state index contributed by atoms with van der Waals surface area (Å²) in [6.45, 7) is 4.12. The summed E-state index contributed by atoms with van der Waals surface area (Å²) in [5.41, 5.74) is 6.61. The molecule has 1 aromatic carbocycles. The number of furan rings is 1. The van der Waals surface area contributed by atoms with Crippen LogP contribution in [-0.4, -0.2) is 36.4 Å². The van der Waals surface area contributed by atoms with Gasteiger partial charge in [0.2, 0.25) is 5.91 Å². The molecule has 3 rings (SSSR count). The van der Waals surface area contributed by atoms with Crippen LogP contribution in [0.4, 0.5) is 0 Å². The third-order valence-electron chi connectivity index (χ3n) is 4.83. The van der Waals surface area contributed by atoms with E-state index < -0.39 is 0 Å². The molecule has 2 atom stereocenters. The van der Waals surface area contributed by atoms with Crippen molar-refractivity contribution < 1.29 is 18.7 Å². The quantitative estimate of drug-likeness (QED) is 0.937. The normalized spacial score (nSPS) is 21.0. The van der Waals surface area contributed by atoms with Crippen molar-refractivity contribution in [2.45, 2.75) is 32.7 Å². The van der Waals surface area contributed by atoms with Gasteiger partial charge in [-0.15, -0.1) is 0 Å². The number of amides is 2. The summed E-state index contributed by atoms with van der Waals surface area (Å²) in [5.74, 6) is 0.460. The fourth-order valence-corrected chi connectivity index (χ4v) is 3.36. The maximum Gasteiger partial charge on any atom is 0.258 e. The smallest absolute Gasteiger partial charge is 0.258 e. The first-order valence-electron chi connectivity index (χ1n) is 8.09. The van der Waals surface area contributed by atoms with Gasteiger partial charge in [-0.25, -0.2) is 0 Å². The highest BCUT2D eigenvalue weighted by Gasteiger charge is 2.34. The zero-order valence-corrected chi connectivity index (χ0v) is 14.2. The van der Waals surface area contributed by atoms with Gasteiger partial charge in [0.05, 0.1) is 18.6 Å². The van der Waals surface area contributed by atoms with Crippen LogP contribution in [0.15, 0.2) is 22.6 Å². The van der Waals surface area contributed by atoms with Crippen molar-refractivity contribution in [1.82, 2.24) is 4.90 Å². The van der Waals surface area contributed by atoms with Crippen LogP contribution < -0.4 is 10.5 Å². The van der Waals surface area contributed by atoms with Crippen molar-refractivity contribution in [3.8, 4) is 5.75 Å². The first-order valence-corrected chi connectivity index (χ1v) is 8.09. The van der Waals surface area contributed by atoms with Gasteiger partial charge in [0, 0.05) is 18.0 Å². The monoisotopic (exact) mass is 330 g/mol. The standard InChI is InChI=1S/C18H22N2O4/c1-10-4-5-12(17(19)21)9-20(10)18(22)16-11(2)24-15-7-6-13(23-3)8-14(15)16/h6-8,10,12H,4-5,9H2,1-3H3,(H2,19,21)/t10-,12-/m0/s1. The minimum atomic E-state index is -0.352. The molecule has 128 valence electrons. The van der Waals surface area contributed by atoms with E-state index in [1.54, 1.807) is 37.1 Å². The van der Waals surface area contributed by atoms with Gasteiger partial charge in [-0.3, -0.25) is 9.59 Å². The first kappa shape index (κ1) is 16.4. The van der Waals surface area contributed by atoms with Crippen LogP contribution in [0.2, 0.25) is 0 Å². The van der Waals surface area contributed by atoms with Gasteiger partial charge in [0.15, 0.2) is 0 Å². The van der Waals surface area contributed by atoms with Gasteiger partial charge >= 0.3 is 0 Å². The largest absolute Gasteiger partial charge is 0.497 e. The first-order chi connectivity index (χ1) is 11.4. The van der Waals surface area contributed by atoms with Crippen LogP contribution in [0, 0.1) is 12.8 Å². The van der Waals surface area contributed by atoms with Crippen molar-refractivity contribution in [1.29, 1.82) is 0 Å². The maximum absolute atomic E-state index is 13.1. The average molecular weight is 330 g/mol. The number of primary amides is 1. The molecule has 1 fully saturated rings. The molecule has 6 nitrogen and oxygen atoms in total. The Bertz CT molecular complexity index is 796. The number of nitrogens with two attached hydrogens (primary N) is 1. The molecule has 24 heavy (non-hydrogen) atoms. The van der Waals surface area contributed by atoms with Crippen molar-refractivity contribution >= 4 is 22.8 Å². The lowest BCUT2D eigenvalue weighted by atomic mass is 9.92. The van der Waals surface area contributed by atoms with E-state index in [0.29, 0.717) is 29.2 Å². The highest BCUT2D eigenvalue weighted by Crippen LogP contribution is 2.32. The number of hydrogen-bond acceptors (Lipinski definition) is 4. The molecule has 1 aliphatic heterocycles. The summed E-state index contributed by atoms with van der Waals surface area (Å²) in [7, 11) is 1.58. The summed E-state index contributed by atoms with van der Waals surface area (Å²) >= 11 is 0.